The van der Waals surface area contributed by atoms with Crippen molar-refractivity contribution < 1.29 is 9.90 Å². The molecule has 0 aliphatic carbocycles. The van der Waals surface area contributed by atoms with Gasteiger partial charge in [0.2, 0.25) is 0 Å². The Kier molecular flexibility index (Phi) is 4.10. The molecule has 1 N–H and O–H groups in total. The predicted molar refractivity (Wildman–Crippen MR) is 62.6 cm³/mol. The van der Waals surface area contributed by atoms with Crippen LogP contribution in [-0.2, 0) is 11.8 Å². The molecule has 4 nitrogen and oxygen atoms in total. The molecule has 0 aliphatic rings. The molecule has 0 amide bonds. The van der Waals surface area contributed by atoms with Crippen molar-refractivity contribution in [3.05, 3.63) is 17.0 Å². The lowest BCUT2D eigenvalue weighted by Gasteiger charge is -2.14. The van der Waals surface area contributed by atoms with E-state index in [9.17, 15) is 4.79 Å². The summed E-state index contributed by atoms with van der Waals surface area (Å²) in [4.78, 5) is 10.9. The minimum absolute atomic E-state index is 0.0937. The quantitative estimate of drug-likeness (QED) is 0.835. The molecule has 0 radical (unpaired) electrons. The lowest BCUT2D eigenvalue weighted by molar-refractivity contribution is -0.137. The second kappa shape index (κ2) is 5.14. The molecule has 1 aromatic rings. The molecule has 0 bridgehead atoms. The van der Waals surface area contributed by atoms with Gasteiger partial charge in [-0.2, -0.15) is 5.10 Å². The topological polar surface area (TPSA) is 55.1 Å². The second-order valence-electron chi connectivity index (χ2n) is 4.29. The van der Waals surface area contributed by atoms with E-state index in [1.54, 1.807) is 0 Å². The van der Waals surface area contributed by atoms with Gasteiger partial charge in [0.15, 0.2) is 0 Å². The summed E-state index contributed by atoms with van der Waals surface area (Å²) in [7, 11) is 1.90. The van der Waals surface area contributed by atoms with Crippen LogP contribution in [0.1, 0.15) is 49.1 Å². The first-order valence-electron chi connectivity index (χ1n) is 5.69. The Morgan fingerprint density at radius 3 is 2.50 bits per heavy atom. The fourth-order valence-electron chi connectivity index (χ4n) is 2.29. The molecule has 0 saturated heterocycles. The molecular weight excluding hydrogens is 204 g/mol. The Morgan fingerprint density at radius 1 is 1.50 bits per heavy atom. The summed E-state index contributed by atoms with van der Waals surface area (Å²) in [5.74, 6) is -0.641. The van der Waals surface area contributed by atoms with Gasteiger partial charge in [-0.05, 0) is 31.7 Å². The third-order valence-corrected chi connectivity index (χ3v) is 3.03. The Balaban J connectivity index is 3.04. The number of aryl methyl sites for hydroxylation is 2. The average molecular weight is 224 g/mol. The number of nitrogens with zero attached hydrogens (tertiary/aromatic N) is 2. The Labute approximate surface area is 96.3 Å². The highest BCUT2D eigenvalue weighted by Crippen LogP contribution is 2.29. The van der Waals surface area contributed by atoms with Crippen LogP contribution in [0.15, 0.2) is 0 Å². The molecule has 0 spiro atoms. The molecule has 1 heterocycles. The van der Waals surface area contributed by atoms with E-state index in [0.717, 1.165) is 29.8 Å². The van der Waals surface area contributed by atoms with E-state index < -0.39 is 5.97 Å². The van der Waals surface area contributed by atoms with Gasteiger partial charge in [0.05, 0.1) is 12.1 Å². The molecule has 90 valence electrons. The number of carboxylic acids is 1. The Bertz CT molecular complexity index is 383. The van der Waals surface area contributed by atoms with Crippen LogP contribution in [0.2, 0.25) is 0 Å². The van der Waals surface area contributed by atoms with E-state index in [1.165, 1.54) is 0 Å². The fourth-order valence-corrected chi connectivity index (χ4v) is 2.29. The Hall–Kier alpha value is -1.32. The minimum atomic E-state index is -0.735. The van der Waals surface area contributed by atoms with Gasteiger partial charge >= 0.3 is 5.97 Å². The molecular formula is C12H20N2O2. The van der Waals surface area contributed by atoms with Crippen molar-refractivity contribution in [2.45, 2.75) is 46.0 Å². The summed E-state index contributed by atoms with van der Waals surface area (Å²) in [5, 5.41) is 13.3. The maximum atomic E-state index is 10.9. The van der Waals surface area contributed by atoms with Crippen LogP contribution in [-0.4, -0.2) is 20.9 Å². The van der Waals surface area contributed by atoms with Crippen LogP contribution in [0.3, 0.4) is 0 Å². The fraction of sp³-hybridized carbons (Fsp3) is 0.667. The monoisotopic (exact) mass is 224 g/mol. The smallest absolute Gasteiger partial charge is 0.303 e. The summed E-state index contributed by atoms with van der Waals surface area (Å²) in [5.41, 5.74) is 3.16. The molecule has 1 aromatic heterocycles. The first-order valence-corrected chi connectivity index (χ1v) is 5.69. The Morgan fingerprint density at radius 2 is 2.12 bits per heavy atom. The van der Waals surface area contributed by atoms with Gasteiger partial charge in [0.1, 0.15) is 0 Å². The lowest BCUT2D eigenvalue weighted by Crippen LogP contribution is -2.08. The number of carbonyl (C=O) groups is 1. The maximum absolute atomic E-state index is 10.9. The SMILES string of the molecule is CCCC(CC(=O)O)c1c(C)nn(C)c1C. The van der Waals surface area contributed by atoms with Crippen molar-refractivity contribution in [1.82, 2.24) is 9.78 Å². The van der Waals surface area contributed by atoms with Crippen LogP contribution in [0.25, 0.3) is 0 Å². The van der Waals surface area contributed by atoms with Gasteiger partial charge in [0.25, 0.3) is 0 Å². The molecule has 0 aromatic carbocycles. The summed E-state index contributed by atoms with van der Waals surface area (Å²) >= 11 is 0. The predicted octanol–water partition coefficient (Wildman–Crippen LogP) is 2.40. The highest BCUT2D eigenvalue weighted by atomic mass is 16.4. The van der Waals surface area contributed by atoms with E-state index in [-0.39, 0.29) is 12.3 Å². The summed E-state index contributed by atoms with van der Waals surface area (Å²) in [6, 6.07) is 0. The molecule has 0 saturated carbocycles. The lowest BCUT2D eigenvalue weighted by atomic mass is 9.90. The van der Waals surface area contributed by atoms with Gasteiger partial charge in [-0.3, -0.25) is 9.48 Å². The van der Waals surface area contributed by atoms with Gasteiger partial charge in [-0.15, -0.1) is 0 Å². The minimum Gasteiger partial charge on any atom is -0.481 e. The van der Waals surface area contributed by atoms with Crippen molar-refractivity contribution in [1.29, 1.82) is 0 Å². The average Bonchev–Trinajstić information content (AvgIpc) is 2.40. The zero-order valence-corrected chi connectivity index (χ0v) is 10.4. The number of rotatable bonds is 5. The highest BCUT2D eigenvalue weighted by Gasteiger charge is 2.21. The zero-order chi connectivity index (χ0) is 12.3. The summed E-state index contributed by atoms with van der Waals surface area (Å²) < 4.78 is 1.83. The van der Waals surface area contributed by atoms with Gasteiger partial charge in [-0.25, -0.2) is 0 Å². The van der Waals surface area contributed by atoms with Crippen molar-refractivity contribution in [3.8, 4) is 0 Å². The van der Waals surface area contributed by atoms with Crippen LogP contribution < -0.4 is 0 Å². The van der Waals surface area contributed by atoms with E-state index >= 15 is 0 Å². The van der Waals surface area contributed by atoms with Crippen molar-refractivity contribution >= 4 is 5.97 Å². The first-order chi connectivity index (χ1) is 7.47. The van der Waals surface area contributed by atoms with Gasteiger partial charge < -0.3 is 5.11 Å². The third-order valence-electron chi connectivity index (χ3n) is 3.03. The van der Waals surface area contributed by atoms with Crippen LogP contribution >= 0.6 is 0 Å². The molecule has 16 heavy (non-hydrogen) atoms. The largest absolute Gasteiger partial charge is 0.481 e. The third kappa shape index (κ3) is 2.62. The molecule has 1 unspecified atom stereocenters. The van der Waals surface area contributed by atoms with Crippen LogP contribution in [0.5, 0.6) is 0 Å². The number of aliphatic carboxylic acids is 1. The van der Waals surface area contributed by atoms with Crippen LogP contribution in [0, 0.1) is 13.8 Å². The van der Waals surface area contributed by atoms with E-state index in [1.807, 2.05) is 25.6 Å². The molecule has 4 heteroatoms. The van der Waals surface area contributed by atoms with Crippen LogP contribution in [0.4, 0.5) is 0 Å². The number of hydrogen-bond donors (Lipinski definition) is 1. The van der Waals surface area contributed by atoms with E-state index in [2.05, 4.69) is 12.0 Å². The molecule has 1 rings (SSSR count). The van der Waals surface area contributed by atoms with E-state index in [0.29, 0.717) is 0 Å². The normalized spacial score (nSPS) is 12.8. The maximum Gasteiger partial charge on any atom is 0.303 e. The van der Waals surface area contributed by atoms with E-state index in [4.69, 9.17) is 5.11 Å². The number of aromatic nitrogens is 2. The first kappa shape index (κ1) is 12.7. The standard InChI is InChI=1S/C12H20N2O2/c1-5-6-10(7-11(15)16)12-8(2)13-14(4)9(12)3/h10H,5-7H2,1-4H3,(H,15,16). The summed E-state index contributed by atoms with van der Waals surface area (Å²) in [6.45, 7) is 6.03. The highest BCUT2D eigenvalue weighted by molar-refractivity contribution is 5.68. The molecule has 0 aliphatic heterocycles. The van der Waals surface area contributed by atoms with Crippen molar-refractivity contribution in [2.75, 3.05) is 0 Å². The second-order valence-corrected chi connectivity index (χ2v) is 4.29. The van der Waals surface area contributed by atoms with Gasteiger partial charge in [-0.1, -0.05) is 13.3 Å². The van der Waals surface area contributed by atoms with Gasteiger partial charge in [0, 0.05) is 12.7 Å². The number of carboxylic acid groups (broad SMARTS) is 1. The van der Waals surface area contributed by atoms with Crippen molar-refractivity contribution in [2.24, 2.45) is 7.05 Å². The zero-order valence-electron chi connectivity index (χ0n) is 10.4. The molecule has 0 fully saturated rings. The molecule has 1 atom stereocenters. The van der Waals surface area contributed by atoms with Crippen molar-refractivity contribution in [3.63, 3.8) is 0 Å². The summed E-state index contributed by atoms with van der Waals surface area (Å²) in [6.07, 6.45) is 2.09. The number of hydrogen-bond acceptors (Lipinski definition) is 2.